The van der Waals surface area contributed by atoms with Gasteiger partial charge in [-0.2, -0.15) is 0 Å². The van der Waals surface area contributed by atoms with E-state index in [0.717, 1.165) is 18.4 Å². The van der Waals surface area contributed by atoms with Crippen LogP contribution >= 0.6 is 0 Å². The van der Waals surface area contributed by atoms with Crippen molar-refractivity contribution < 1.29 is 13.2 Å². The Morgan fingerprint density at radius 1 is 1.37 bits per heavy atom. The van der Waals surface area contributed by atoms with Gasteiger partial charge < -0.3 is 5.32 Å². The molecule has 0 bridgehead atoms. The molecule has 5 nitrogen and oxygen atoms in total. The maximum Gasteiger partial charge on any atom is 0.251 e. The van der Waals surface area contributed by atoms with E-state index in [4.69, 9.17) is 0 Å². The minimum Gasteiger partial charge on any atom is -0.349 e. The zero-order valence-corrected chi connectivity index (χ0v) is 11.9. The van der Waals surface area contributed by atoms with Gasteiger partial charge in [0.15, 0.2) is 0 Å². The summed E-state index contributed by atoms with van der Waals surface area (Å²) < 4.78 is 26.2. The summed E-state index contributed by atoms with van der Waals surface area (Å²) in [7, 11) is -3.53. The third-order valence-electron chi connectivity index (χ3n) is 3.01. The Hall–Kier alpha value is -1.40. The molecule has 0 spiro atoms. The first-order chi connectivity index (χ1) is 8.94. The van der Waals surface area contributed by atoms with E-state index < -0.39 is 10.0 Å². The lowest BCUT2D eigenvalue weighted by molar-refractivity contribution is 0.0950. The lowest BCUT2D eigenvalue weighted by Crippen LogP contribution is -2.27. The Bertz CT molecular complexity index is 592. The fourth-order valence-corrected chi connectivity index (χ4v) is 2.84. The van der Waals surface area contributed by atoms with E-state index in [1.165, 1.54) is 12.1 Å². The average Bonchev–Trinajstić information content (AvgIpc) is 3.13. The van der Waals surface area contributed by atoms with Gasteiger partial charge in [-0.05, 0) is 37.5 Å². The summed E-state index contributed by atoms with van der Waals surface area (Å²) in [5, 5.41) is 2.87. The molecule has 0 saturated heterocycles. The molecular formula is C13H18N2O3S. The molecule has 0 unspecified atom stereocenters. The molecule has 19 heavy (non-hydrogen) atoms. The Morgan fingerprint density at radius 2 is 2.05 bits per heavy atom. The highest BCUT2D eigenvalue weighted by molar-refractivity contribution is 7.89. The predicted octanol–water partition coefficient (Wildman–Crippen LogP) is 1.19. The summed E-state index contributed by atoms with van der Waals surface area (Å²) in [4.78, 5) is 12.2. The van der Waals surface area contributed by atoms with Gasteiger partial charge in [0.25, 0.3) is 5.91 Å². The number of sulfonamides is 1. The van der Waals surface area contributed by atoms with Gasteiger partial charge in [-0.15, -0.1) is 0 Å². The third kappa shape index (κ3) is 3.33. The molecule has 0 aliphatic heterocycles. The van der Waals surface area contributed by atoms with Gasteiger partial charge >= 0.3 is 0 Å². The first-order valence-electron chi connectivity index (χ1n) is 6.35. The monoisotopic (exact) mass is 282 g/mol. The maximum absolute atomic E-state index is 12.0. The van der Waals surface area contributed by atoms with Gasteiger partial charge in [0.1, 0.15) is 0 Å². The summed E-state index contributed by atoms with van der Waals surface area (Å²) in [6.45, 7) is 3.83. The van der Waals surface area contributed by atoms with Crippen molar-refractivity contribution in [2.75, 3.05) is 6.54 Å². The minimum atomic E-state index is -3.53. The molecule has 104 valence electrons. The van der Waals surface area contributed by atoms with Gasteiger partial charge in [-0.1, -0.05) is 13.0 Å². The molecule has 1 aliphatic rings. The van der Waals surface area contributed by atoms with Crippen molar-refractivity contribution in [3.8, 4) is 0 Å². The molecule has 0 aromatic heterocycles. The van der Waals surface area contributed by atoms with Crippen LogP contribution in [0.25, 0.3) is 0 Å². The highest BCUT2D eigenvalue weighted by atomic mass is 32.2. The molecule has 0 atom stereocenters. The second-order valence-electron chi connectivity index (χ2n) is 4.73. The summed E-state index contributed by atoms with van der Waals surface area (Å²) in [5.41, 5.74) is 1.19. The number of carbonyl (C=O) groups is 1. The van der Waals surface area contributed by atoms with E-state index in [1.54, 1.807) is 19.9 Å². The van der Waals surface area contributed by atoms with Gasteiger partial charge in [-0.25, -0.2) is 13.1 Å². The average molecular weight is 282 g/mol. The second-order valence-corrected chi connectivity index (χ2v) is 6.49. The van der Waals surface area contributed by atoms with Crippen molar-refractivity contribution in [2.24, 2.45) is 0 Å². The highest BCUT2D eigenvalue weighted by Gasteiger charge is 2.25. The van der Waals surface area contributed by atoms with Crippen LogP contribution in [0.2, 0.25) is 0 Å². The van der Waals surface area contributed by atoms with Crippen molar-refractivity contribution in [2.45, 2.75) is 37.6 Å². The van der Waals surface area contributed by atoms with E-state index in [9.17, 15) is 13.2 Å². The molecule has 1 aromatic carbocycles. The van der Waals surface area contributed by atoms with E-state index in [-0.39, 0.29) is 16.8 Å². The van der Waals surface area contributed by atoms with Crippen LogP contribution in [0.4, 0.5) is 0 Å². The number of amides is 1. The zero-order chi connectivity index (χ0) is 14.0. The first kappa shape index (κ1) is 14.0. The maximum atomic E-state index is 12.0. The zero-order valence-electron chi connectivity index (χ0n) is 11.1. The van der Waals surface area contributed by atoms with Crippen LogP contribution in [0.15, 0.2) is 23.1 Å². The predicted molar refractivity (Wildman–Crippen MR) is 72.5 cm³/mol. The van der Waals surface area contributed by atoms with Crippen LogP contribution in [0.1, 0.15) is 35.7 Å². The van der Waals surface area contributed by atoms with Gasteiger partial charge in [0, 0.05) is 18.2 Å². The van der Waals surface area contributed by atoms with Gasteiger partial charge in [-0.3, -0.25) is 4.79 Å². The number of carbonyl (C=O) groups excluding carboxylic acids is 1. The molecule has 6 heteroatoms. The molecular weight excluding hydrogens is 264 g/mol. The number of nitrogens with one attached hydrogen (secondary N) is 2. The normalized spacial score (nSPS) is 15.3. The van der Waals surface area contributed by atoms with Gasteiger partial charge in [0.2, 0.25) is 10.0 Å². The van der Waals surface area contributed by atoms with Crippen LogP contribution in [0, 0.1) is 6.92 Å². The molecule has 1 aliphatic carbocycles. The van der Waals surface area contributed by atoms with E-state index in [0.29, 0.717) is 12.1 Å². The SMILES string of the molecule is CCNS(=O)(=O)c1ccc(C)c(C(=O)NC2CC2)c1. The first-order valence-corrected chi connectivity index (χ1v) is 7.83. The van der Waals surface area contributed by atoms with Crippen LogP contribution in [0.5, 0.6) is 0 Å². The standard InChI is InChI=1S/C13H18N2O3S/c1-3-14-19(17,18)11-7-4-9(2)12(8-11)13(16)15-10-5-6-10/h4,7-8,10,14H,3,5-6H2,1-2H3,(H,15,16). The van der Waals surface area contributed by atoms with Crippen LogP contribution in [-0.4, -0.2) is 26.9 Å². The van der Waals surface area contributed by atoms with Crippen molar-refractivity contribution in [3.63, 3.8) is 0 Å². The Labute approximate surface area is 113 Å². The van der Waals surface area contributed by atoms with Crippen molar-refractivity contribution >= 4 is 15.9 Å². The molecule has 0 heterocycles. The molecule has 0 radical (unpaired) electrons. The number of aryl methyl sites for hydroxylation is 1. The van der Waals surface area contributed by atoms with Gasteiger partial charge in [0.05, 0.1) is 4.90 Å². The van der Waals surface area contributed by atoms with E-state index in [1.807, 2.05) is 0 Å². The lowest BCUT2D eigenvalue weighted by Gasteiger charge is -2.10. The topological polar surface area (TPSA) is 75.3 Å². The van der Waals surface area contributed by atoms with Crippen LogP contribution in [0.3, 0.4) is 0 Å². The smallest absolute Gasteiger partial charge is 0.251 e. The summed E-state index contributed by atoms with van der Waals surface area (Å²) in [6.07, 6.45) is 2.00. The molecule has 1 saturated carbocycles. The molecule has 1 fully saturated rings. The molecule has 2 N–H and O–H groups in total. The fraction of sp³-hybridized carbons (Fsp3) is 0.462. The molecule has 2 rings (SSSR count). The Balaban J connectivity index is 2.30. The second kappa shape index (κ2) is 5.30. The third-order valence-corrected chi connectivity index (χ3v) is 4.55. The van der Waals surface area contributed by atoms with E-state index in [2.05, 4.69) is 10.0 Å². The largest absolute Gasteiger partial charge is 0.349 e. The number of hydrogen-bond donors (Lipinski definition) is 2. The molecule has 1 aromatic rings. The van der Waals surface area contributed by atoms with E-state index >= 15 is 0 Å². The molecule has 1 amide bonds. The lowest BCUT2D eigenvalue weighted by atomic mass is 10.1. The summed E-state index contributed by atoms with van der Waals surface area (Å²) in [6, 6.07) is 4.86. The number of hydrogen-bond acceptors (Lipinski definition) is 3. The van der Waals surface area contributed by atoms with Crippen molar-refractivity contribution in [1.82, 2.24) is 10.0 Å². The fourth-order valence-electron chi connectivity index (χ4n) is 1.78. The van der Waals surface area contributed by atoms with Crippen LogP contribution in [-0.2, 0) is 10.0 Å². The summed E-state index contributed by atoms with van der Waals surface area (Å²) in [5.74, 6) is -0.200. The Morgan fingerprint density at radius 3 is 2.63 bits per heavy atom. The minimum absolute atomic E-state index is 0.126. The summed E-state index contributed by atoms with van der Waals surface area (Å²) >= 11 is 0. The Kier molecular flexibility index (Phi) is 3.91. The number of rotatable bonds is 5. The highest BCUT2D eigenvalue weighted by Crippen LogP contribution is 2.21. The quantitative estimate of drug-likeness (QED) is 0.851. The number of benzene rings is 1. The van der Waals surface area contributed by atoms with Crippen molar-refractivity contribution in [3.05, 3.63) is 29.3 Å². The van der Waals surface area contributed by atoms with Crippen LogP contribution < -0.4 is 10.0 Å². The van der Waals surface area contributed by atoms with Crippen molar-refractivity contribution in [1.29, 1.82) is 0 Å².